The van der Waals surface area contributed by atoms with Gasteiger partial charge in [0.25, 0.3) is 5.91 Å². The molecule has 2 amide bonds. The number of amides is 2. The van der Waals surface area contributed by atoms with E-state index in [-0.39, 0.29) is 17.2 Å². The largest absolute Gasteiger partial charge is 0.359 e. The number of likely N-dealkylation sites (N-methyl/N-ethyl adjacent to an activating group) is 1. The predicted molar refractivity (Wildman–Crippen MR) is 116 cm³/mol. The summed E-state index contributed by atoms with van der Waals surface area (Å²) in [5, 5.41) is 5.39. The van der Waals surface area contributed by atoms with Crippen LogP contribution in [0.1, 0.15) is 40.7 Å². The minimum Gasteiger partial charge on any atom is -0.359 e. The van der Waals surface area contributed by atoms with Crippen LogP contribution in [0.25, 0.3) is 0 Å². The summed E-state index contributed by atoms with van der Waals surface area (Å²) in [4.78, 5) is 24.9. The number of anilines is 1. The van der Waals surface area contributed by atoms with Crippen molar-refractivity contribution in [3.05, 3.63) is 59.2 Å². The van der Waals surface area contributed by atoms with Crippen molar-refractivity contribution in [1.82, 2.24) is 9.62 Å². The van der Waals surface area contributed by atoms with Crippen LogP contribution in [-0.2, 0) is 21.2 Å². The van der Waals surface area contributed by atoms with Gasteiger partial charge in [-0.05, 0) is 49.1 Å². The number of nitrogens with zero attached hydrogens (tertiary/aromatic N) is 1. The topological polar surface area (TPSA) is 95.6 Å². The smallest absolute Gasteiger partial charge is 0.255 e. The Morgan fingerprint density at radius 3 is 2.43 bits per heavy atom. The number of carbonyl (C=O) groups excluding carboxylic acids is 2. The molecule has 2 aromatic rings. The van der Waals surface area contributed by atoms with Gasteiger partial charge in [0.1, 0.15) is 0 Å². The van der Waals surface area contributed by atoms with E-state index in [1.54, 1.807) is 50.4 Å². The van der Waals surface area contributed by atoms with Crippen LogP contribution in [0.4, 0.5) is 5.69 Å². The lowest BCUT2D eigenvalue weighted by Gasteiger charge is -2.26. The highest BCUT2D eigenvalue weighted by molar-refractivity contribution is 7.89. The van der Waals surface area contributed by atoms with E-state index in [1.807, 2.05) is 0 Å². The zero-order chi connectivity index (χ0) is 21.7. The molecule has 8 heteroatoms. The maximum absolute atomic E-state index is 13.0. The van der Waals surface area contributed by atoms with Crippen molar-refractivity contribution in [3.63, 3.8) is 0 Å². The number of sulfonamides is 1. The van der Waals surface area contributed by atoms with Crippen molar-refractivity contribution in [2.45, 2.75) is 37.5 Å². The van der Waals surface area contributed by atoms with Crippen molar-refractivity contribution >= 4 is 27.5 Å². The molecule has 0 aliphatic carbocycles. The van der Waals surface area contributed by atoms with Gasteiger partial charge < -0.3 is 10.6 Å². The molecule has 30 heavy (non-hydrogen) atoms. The summed E-state index contributed by atoms with van der Waals surface area (Å²) in [5.74, 6) is -0.574. The van der Waals surface area contributed by atoms with Gasteiger partial charge in [0, 0.05) is 31.4 Å². The van der Waals surface area contributed by atoms with Crippen LogP contribution in [0.15, 0.2) is 47.4 Å². The summed E-state index contributed by atoms with van der Waals surface area (Å²) in [6, 6.07) is 11.7. The lowest BCUT2D eigenvalue weighted by atomic mass is 10.1. The van der Waals surface area contributed by atoms with Crippen LogP contribution in [0, 0.1) is 6.92 Å². The molecule has 0 radical (unpaired) electrons. The molecule has 2 N–H and O–H groups in total. The average Bonchev–Trinajstić information content (AvgIpc) is 2.75. The van der Waals surface area contributed by atoms with E-state index in [4.69, 9.17) is 0 Å². The van der Waals surface area contributed by atoms with Gasteiger partial charge in [0.15, 0.2) is 0 Å². The fourth-order valence-electron chi connectivity index (χ4n) is 3.51. The first-order valence-electron chi connectivity index (χ1n) is 10.0. The Morgan fingerprint density at radius 2 is 1.73 bits per heavy atom. The molecule has 1 aliphatic heterocycles. The van der Waals surface area contributed by atoms with E-state index in [0.29, 0.717) is 35.5 Å². The standard InChI is InChI=1S/C22H27N3O4S/c1-16-10-11-18(30(28,29)25-12-6-3-7-13-25)15-19(16)22(27)24-20-9-5-4-8-17(20)14-21(26)23-2/h4-5,8-11,15H,3,6-7,12-14H2,1-2H3,(H,23,26)(H,24,27). The zero-order valence-corrected chi connectivity index (χ0v) is 18.1. The number of rotatable bonds is 6. The molecule has 0 spiro atoms. The van der Waals surface area contributed by atoms with E-state index in [0.717, 1.165) is 19.3 Å². The SMILES string of the molecule is CNC(=O)Cc1ccccc1NC(=O)c1cc(S(=O)(=O)N2CCCCC2)ccc1C. The van der Waals surface area contributed by atoms with Crippen LogP contribution in [-0.4, -0.2) is 44.7 Å². The lowest BCUT2D eigenvalue weighted by Crippen LogP contribution is -2.35. The molecule has 1 aliphatic rings. The Labute approximate surface area is 177 Å². The molecule has 2 aromatic carbocycles. The molecule has 0 saturated carbocycles. The van der Waals surface area contributed by atoms with Gasteiger partial charge in [-0.3, -0.25) is 9.59 Å². The van der Waals surface area contributed by atoms with Crippen molar-refractivity contribution in [3.8, 4) is 0 Å². The number of hydrogen-bond donors (Lipinski definition) is 2. The molecular formula is C22H27N3O4S. The van der Waals surface area contributed by atoms with Crippen LogP contribution in [0.2, 0.25) is 0 Å². The molecule has 0 unspecified atom stereocenters. The summed E-state index contributed by atoms with van der Waals surface area (Å²) >= 11 is 0. The zero-order valence-electron chi connectivity index (χ0n) is 17.3. The van der Waals surface area contributed by atoms with Crippen LogP contribution >= 0.6 is 0 Å². The number of hydrogen-bond acceptors (Lipinski definition) is 4. The summed E-state index contributed by atoms with van der Waals surface area (Å²) in [6.45, 7) is 2.78. The highest BCUT2D eigenvalue weighted by atomic mass is 32.2. The summed E-state index contributed by atoms with van der Waals surface area (Å²) in [5.41, 5.74) is 2.17. The number of carbonyl (C=O) groups is 2. The fraction of sp³-hybridized carbons (Fsp3) is 0.364. The summed E-state index contributed by atoms with van der Waals surface area (Å²) in [6.07, 6.45) is 2.86. The third-order valence-corrected chi connectivity index (χ3v) is 7.20. The van der Waals surface area contributed by atoms with E-state index in [2.05, 4.69) is 10.6 Å². The number of benzene rings is 2. The molecule has 160 valence electrons. The highest BCUT2D eigenvalue weighted by Gasteiger charge is 2.27. The lowest BCUT2D eigenvalue weighted by molar-refractivity contribution is -0.119. The Morgan fingerprint density at radius 1 is 1.03 bits per heavy atom. The second-order valence-electron chi connectivity index (χ2n) is 7.40. The van der Waals surface area contributed by atoms with E-state index >= 15 is 0 Å². The van der Waals surface area contributed by atoms with E-state index < -0.39 is 15.9 Å². The Kier molecular flexibility index (Phi) is 6.89. The molecule has 3 rings (SSSR count). The molecule has 0 bridgehead atoms. The molecule has 0 atom stereocenters. The van der Waals surface area contributed by atoms with Crippen molar-refractivity contribution in [2.75, 3.05) is 25.5 Å². The Bertz CT molecular complexity index is 1040. The molecule has 0 aromatic heterocycles. The van der Waals surface area contributed by atoms with Crippen molar-refractivity contribution < 1.29 is 18.0 Å². The number of nitrogens with one attached hydrogen (secondary N) is 2. The monoisotopic (exact) mass is 429 g/mol. The minimum absolute atomic E-state index is 0.124. The van der Waals surface area contributed by atoms with Gasteiger partial charge in [-0.1, -0.05) is 30.7 Å². The van der Waals surface area contributed by atoms with Gasteiger partial charge in [-0.25, -0.2) is 8.42 Å². The molecule has 1 saturated heterocycles. The first kappa shape index (κ1) is 22.0. The fourth-order valence-corrected chi connectivity index (χ4v) is 5.05. The normalized spacial score (nSPS) is 14.9. The van der Waals surface area contributed by atoms with Gasteiger partial charge >= 0.3 is 0 Å². The molecule has 1 heterocycles. The first-order chi connectivity index (χ1) is 14.3. The third-order valence-electron chi connectivity index (χ3n) is 5.30. The first-order valence-corrected chi connectivity index (χ1v) is 11.5. The third kappa shape index (κ3) is 4.88. The maximum Gasteiger partial charge on any atom is 0.255 e. The molecule has 7 nitrogen and oxygen atoms in total. The number of aryl methyl sites for hydroxylation is 1. The van der Waals surface area contributed by atoms with Crippen LogP contribution < -0.4 is 10.6 Å². The predicted octanol–water partition coefficient (Wildman–Crippen LogP) is 2.71. The van der Waals surface area contributed by atoms with E-state index in [1.165, 1.54) is 10.4 Å². The van der Waals surface area contributed by atoms with Crippen LogP contribution in [0.5, 0.6) is 0 Å². The summed E-state index contributed by atoms with van der Waals surface area (Å²) < 4.78 is 27.5. The second-order valence-corrected chi connectivity index (χ2v) is 9.34. The highest BCUT2D eigenvalue weighted by Crippen LogP contribution is 2.24. The van der Waals surface area contributed by atoms with Gasteiger partial charge in [-0.15, -0.1) is 0 Å². The Hall–Kier alpha value is -2.71. The van der Waals surface area contributed by atoms with Gasteiger partial charge in [-0.2, -0.15) is 4.31 Å². The Balaban J connectivity index is 1.87. The summed E-state index contributed by atoms with van der Waals surface area (Å²) in [7, 11) is -2.08. The quantitative estimate of drug-likeness (QED) is 0.738. The average molecular weight is 430 g/mol. The van der Waals surface area contributed by atoms with Crippen molar-refractivity contribution in [1.29, 1.82) is 0 Å². The van der Waals surface area contributed by atoms with E-state index in [9.17, 15) is 18.0 Å². The van der Waals surface area contributed by atoms with Crippen LogP contribution in [0.3, 0.4) is 0 Å². The van der Waals surface area contributed by atoms with Gasteiger partial charge in [0.2, 0.25) is 15.9 Å². The maximum atomic E-state index is 13.0. The number of para-hydroxylation sites is 1. The van der Waals surface area contributed by atoms with Crippen molar-refractivity contribution in [2.24, 2.45) is 0 Å². The number of piperidine rings is 1. The minimum atomic E-state index is -3.63. The molecular weight excluding hydrogens is 402 g/mol. The second kappa shape index (κ2) is 9.40. The molecule has 1 fully saturated rings. The van der Waals surface area contributed by atoms with Gasteiger partial charge in [0.05, 0.1) is 11.3 Å².